The molecule has 0 radical (unpaired) electrons. The van der Waals surface area contributed by atoms with E-state index >= 15 is 0 Å². The van der Waals surface area contributed by atoms with Crippen LogP contribution in [0, 0.1) is 11.8 Å². The van der Waals surface area contributed by atoms with Crippen molar-refractivity contribution in [3.8, 4) is 0 Å². The molecule has 2 rings (SSSR count). The summed E-state index contributed by atoms with van der Waals surface area (Å²) in [5.41, 5.74) is 0.907. The van der Waals surface area contributed by atoms with Crippen molar-refractivity contribution < 1.29 is 24.2 Å². The molecule has 1 aromatic rings. The van der Waals surface area contributed by atoms with Crippen molar-refractivity contribution in [3.05, 3.63) is 35.9 Å². The molecule has 1 aliphatic rings. The number of aliphatic hydroxyl groups is 1. The van der Waals surface area contributed by atoms with Crippen molar-refractivity contribution >= 4 is 12.1 Å². The van der Waals surface area contributed by atoms with Gasteiger partial charge in [-0.1, -0.05) is 30.3 Å². The molecule has 0 aromatic heterocycles. The maximum absolute atomic E-state index is 11.6. The summed E-state index contributed by atoms with van der Waals surface area (Å²) < 4.78 is 9.78. The highest BCUT2D eigenvalue weighted by Gasteiger charge is 2.37. The number of alkyl carbamates (subject to hydrolysis) is 1. The van der Waals surface area contributed by atoms with Crippen LogP contribution >= 0.6 is 0 Å². The van der Waals surface area contributed by atoms with E-state index in [0.717, 1.165) is 5.56 Å². The average Bonchev–Trinajstić information content (AvgIpc) is 2.92. The zero-order valence-corrected chi connectivity index (χ0v) is 12.5. The van der Waals surface area contributed by atoms with Crippen LogP contribution in [-0.2, 0) is 20.9 Å². The summed E-state index contributed by atoms with van der Waals surface area (Å²) in [6.07, 6.45) is -0.263. The predicted molar refractivity (Wildman–Crippen MR) is 78.9 cm³/mol. The first-order valence-corrected chi connectivity index (χ1v) is 7.30. The Hall–Kier alpha value is -2.08. The number of esters is 1. The van der Waals surface area contributed by atoms with Gasteiger partial charge in [0, 0.05) is 12.5 Å². The number of rotatable bonds is 5. The fourth-order valence-corrected chi connectivity index (χ4v) is 2.67. The highest BCUT2D eigenvalue weighted by molar-refractivity contribution is 5.72. The number of hydrogen-bond acceptors (Lipinski definition) is 5. The van der Waals surface area contributed by atoms with Crippen molar-refractivity contribution in [3.63, 3.8) is 0 Å². The number of carbonyl (C=O) groups excluding carboxylic acids is 2. The Bertz CT molecular complexity index is 505. The molecular formula is C16H21NO5. The average molecular weight is 307 g/mol. The molecule has 1 aromatic carbocycles. The molecule has 0 spiro atoms. The topological polar surface area (TPSA) is 84.9 Å². The lowest BCUT2D eigenvalue weighted by Crippen LogP contribution is -2.32. The summed E-state index contributed by atoms with van der Waals surface area (Å²) in [6.45, 7) is 0.479. The number of methoxy groups -OCH3 is 1. The van der Waals surface area contributed by atoms with Crippen LogP contribution in [0.15, 0.2) is 30.3 Å². The van der Waals surface area contributed by atoms with E-state index in [1.165, 1.54) is 7.11 Å². The molecule has 1 aliphatic carbocycles. The molecule has 0 saturated heterocycles. The van der Waals surface area contributed by atoms with Crippen molar-refractivity contribution in [1.82, 2.24) is 5.32 Å². The van der Waals surface area contributed by atoms with Gasteiger partial charge in [-0.2, -0.15) is 0 Å². The Balaban J connectivity index is 1.71. The molecule has 2 N–H and O–H groups in total. The third kappa shape index (κ3) is 4.46. The zero-order chi connectivity index (χ0) is 15.9. The molecular weight excluding hydrogens is 286 g/mol. The lowest BCUT2D eigenvalue weighted by atomic mass is 10.0. The van der Waals surface area contributed by atoms with Gasteiger partial charge in [0.15, 0.2) is 0 Å². The molecule has 6 heteroatoms. The van der Waals surface area contributed by atoms with E-state index in [1.807, 2.05) is 30.3 Å². The van der Waals surface area contributed by atoms with Gasteiger partial charge in [-0.25, -0.2) is 4.79 Å². The summed E-state index contributed by atoms with van der Waals surface area (Å²) in [4.78, 5) is 23.1. The smallest absolute Gasteiger partial charge is 0.407 e. The fourth-order valence-electron chi connectivity index (χ4n) is 2.67. The normalized spacial score (nSPS) is 23.8. The molecule has 120 valence electrons. The number of benzene rings is 1. The molecule has 1 fully saturated rings. The number of hydrogen-bond donors (Lipinski definition) is 2. The fraction of sp³-hybridized carbons (Fsp3) is 0.500. The highest BCUT2D eigenvalue weighted by atomic mass is 16.5. The summed E-state index contributed by atoms with van der Waals surface area (Å²) in [5, 5.41) is 12.6. The van der Waals surface area contributed by atoms with E-state index in [1.54, 1.807) is 0 Å². The second kappa shape index (κ2) is 7.79. The number of nitrogens with one attached hydrogen (secondary N) is 1. The van der Waals surface area contributed by atoms with Gasteiger partial charge in [0.2, 0.25) is 0 Å². The maximum Gasteiger partial charge on any atom is 0.407 e. The van der Waals surface area contributed by atoms with E-state index in [-0.39, 0.29) is 31.0 Å². The monoisotopic (exact) mass is 307 g/mol. The molecule has 1 amide bonds. The molecule has 0 bridgehead atoms. The first kappa shape index (κ1) is 16.3. The van der Waals surface area contributed by atoms with Gasteiger partial charge in [0.25, 0.3) is 0 Å². The summed E-state index contributed by atoms with van der Waals surface area (Å²) in [5.74, 6) is -0.770. The Morgan fingerprint density at radius 3 is 2.68 bits per heavy atom. The first-order chi connectivity index (χ1) is 10.6. The first-order valence-electron chi connectivity index (χ1n) is 7.30. The second-order valence-corrected chi connectivity index (χ2v) is 5.46. The van der Waals surface area contributed by atoms with Crippen LogP contribution < -0.4 is 5.32 Å². The van der Waals surface area contributed by atoms with Gasteiger partial charge >= 0.3 is 12.1 Å². The standard InChI is InChI=1S/C16H21NO5/c1-21-15(19)12-7-13(14(18)8-12)9-17-16(20)22-10-11-5-3-2-4-6-11/h2-6,12-14,18H,7-10H2,1H3,(H,17,20)/t12-,13+,14+/m1/s1. The largest absolute Gasteiger partial charge is 0.469 e. The SMILES string of the molecule is COC(=O)[C@@H]1C[C@@H](CNC(=O)OCc2ccccc2)[C@@H](O)C1. The third-order valence-corrected chi connectivity index (χ3v) is 3.91. The van der Waals surface area contributed by atoms with E-state index in [2.05, 4.69) is 10.1 Å². The Labute approximate surface area is 129 Å². The number of carbonyl (C=O) groups is 2. The minimum absolute atomic E-state index is 0.159. The third-order valence-electron chi connectivity index (χ3n) is 3.91. The predicted octanol–water partition coefficient (Wildman–Crippen LogP) is 1.47. The van der Waals surface area contributed by atoms with Crippen molar-refractivity contribution in [2.45, 2.75) is 25.6 Å². The van der Waals surface area contributed by atoms with E-state index in [9.17, 15) is 14.7 Å². The van der Waals surface area contributed by atoms with Crippen LogP contribution in [0.2, 0.25) is 0 Å². The van der Waals surface area contributed by atoms with Crippen LogP contribution in [0.1, 0.15) is 18.4 Å². The van der Waals surface area contributed by atoms with Crippen LogP contribution in [0.25, 0.3) is 0 Å². The number of ether oxygens (including phenoxy) is 2. The van der Waals surface area contributed by atoms with Crippen molar-refractivity contribution in [2.24, 2.45) is 11.8 Å². The van der Waals surface area contributed by atoms with Crippen molar-refractivity contribution in [2.75, 3.05) is 13.7 Å². The number of aliphatic hydroxyl groups excluding tert-OH is 1. The Kier molecular flexibility index (Phi) is 5.77. The Morgan fingerprint density at radius 2 is 2.00 bits per heavy atom. The minimum Gasteiger partial charge on any atom is -0.469 e. The quantitative estimate of drug-likeness (QED) is 0.805. The van der Waals surface area contributed by atoms with E-state index < -0.39 is 12.2 Å². The van der Waals surface area contributed by atoms with Gasteiger partial charge in [-0.15, -0.1) is 0 Å². The van der Waals surface area contributed by atoms with Crippen LogP contribution in [-0.4, -0.2) is 36.9 Å². The molecule has 3 atom stereocenters. The lowest BCUT2D eigenvalue weighted by Gasteiger charge is -2.15. The molecule has 1 saturated carbocycles. The zero-order valence-electron chi connectivity index (χ0n) is 12.5. The highest BCUT2D eigenvalue weighted by Crippen LogP contribution is 2.31. The number of amides is 1. The summed E-state index contributed by atoms with van der Waals surface area (Å²) in [6, 6.07) is 9.38. The van der Waals surface area contributed by atoms with Crippen LogP contribution in [0.4, 0.5) is 4.79 Å². The molecule has 6 nitrogen and oxygen atoms in total. The van der Waals surface area contributed by atoms with Crippen LogP contribution in [0.3, 0.4) is 0 Å². The van der Waals surface area contributed by atoms with Gasteiger partial charge in [0.1, 0.15) is 6.61 Å². The molecule has 0 aliphatic heterocycles. The Morgan fingerprint density at radius 1 is 1.27 bits per heavy atom. The summed E-state index contributed by atoms with van der Waals surface area (Å²) >= 11 is 0. The van der Waals surface area contributed by atoms with Gasteiger partial charge < -0.3 is 19.9 Å². The van der Waals surface area contributed by atoms with Gasteiger partial charge in [-0.3, -0.25) is 4.79 Å². The van der Waals surface area contributed by atoms with E-state index in [0.29, 0.717) is 12.8 Å². The second-order valence-electron chi connectivity index (χ2n) is 5.46. The van der Waals surface area contributed by atoms with E-state index in [4.69, 9.17) is 4.74 Å². The minimum atomic E-state index is -0.612. The summed E-state index contributed by atoms with van der Waals surface area (Å²) in [7, 11) is 1.33. The van der Waals surface area contributed by atoms with Crippen molar-refractivity contribution in [1.29, 1.82) is 0 Å². The van der Waals surface area contributed by atoms with Gasteiger partial charge in [0.05, 0.1) is 19.1 Å². The maximum atomic E-state index is 11.6. The van der Waals surface area contributed by atoms with Gasteiger partial charge in [-0.05, 0) is 18.4 Å². The lowest BCUT2D eigenvalue weighted by molar-refractivity contribution is -0.145. The molecule has 22 heavy (non-hydrogen) atoms. The molecule has 0 unspecified atom stereocenters. The molecule has 0 heterocycles. The van der Waals surface area contributed by atoms with Crippen LogP contribution in [0.5, 0.6) is 0 Å².